The van der Waals surface area contributed by atoms with Gasteiger partial charge in [-0.05, 0) is 42.8 Å². The topological polar surface area (TPSA) is 38.7 Å². The monoisotopic (exact) mass is 260 g/mol. The van der Waals surface area contributed by atoms with Crippen LogP contribution < -0.4 is 4.74 Å². The molecule has 0 radical (unpaired) electrons. The Morgan fingerprint density at radius 1 is 1.22 bits per heavy atom. The Kier molecular flexibility index (Phi) is 3.32. The van der Waals surface area contributed by atoms with Crippen molar-refractivity contribution in [2.75, 3.05) is 0 Å². The van der Waals surface area contributed by atoms with Crippen LogP contribution in [0.2, 0.25) is 0 Å². The van der Waals surface area contributed by atoms with E-state index in [1.54, 1.807) is 13.0 Å². The highest BCUT2D eigenvalue weighted by atomic mass is 19.4. The lowest BCUT2D eigenvalue weighted by Crippen LogP contribution is -2.18. The van der Waals surface area contributed by atoms with Crippen molar-refractivity contribution in [2.45, 2.75) is 25.7 Å². The first-order valence-corrected chi connectivity index (χ1v) is 5.22. The van der Waals surface area contributed by atoms with Crippen molar-refractivity contribution in [3.05, 3.63) is 41.5 Å². The summed E-state index contributed by atoms with van der Waals surface area (Å²) in [5.41, 5.74) is -0.138. The van der Waals surface area contributed by atoms with Crippen molar-refractivity contribution in [1.82, 2.24) is 0 Å². The van der Waals surface area contributed by atoms with Crippen LogP contribution in [0.4, 0.5) is 13.2 Å². The predicted molar refractivity (Wildman–Crippen MR) is 56.7 cm³/mol. The van der Waals surface area contributed by atoms with Crippen molar-refractivity contribution in [2.24, 2.45) is 0 Å². The molecule has 0 aliphatic carbocycles. The van der Waals surface area contributed by atoms with Crippen LogP contribution >= 0.6 is 0 Å². The number of hydrogen-bond donors (Lipinski definition) is 1. The van der Waals surface area contributed by atoms with Crippen LogP contribution in [-0.4, -0.2) is 17.7 Å². The lowest BCUT2D eigenvalue weighted by molar-refractivity contribution is -0.140. The fraction of sp³-hybridized carbons (Fsp3) is 0.333. The van der Waals surface area contributed by atoms with E-state index in [4.69, 9.17) is 9.47 Å². The van der Waals surface area contributed by atoms with E-state index in [0.717, 1.165) is 12.1 Å². The summed E-state index contributed by atoms with van der Waals surface area (Å²) in [7, 11) is 0. The van der Waals surface area contributed by atoms with E-state index in [9.17, 15) is 18.3 Å². The Bertz CT molecular complexity index is 451. The summed E-state index contributed by atoms with van der Waals surface area (Å²) in [6, 6.07) is 4.27. The first-order valence-electron chi connectivity index (χ1n) is 5.22. The number of rotatable bonds is 2. The third-order valence-corrected chi connectivity index (χ3v) is 2.49. The van der Waals surface area contributed by atoms with E-state index < -0.39 is 24.3 Å². The summed E-state index contributed by atoms with van der Waals surface area (Å²) in [5.74, 6) is 0.242. The molecule has 2 rings (SSSR count). The van der Waals surface area contributed by atoms with Gasteiger partial charge in [0.15, 0.2) is 6.29 Å². The van der Waals surface area contributed by atoms with Crippen LogP contribution in [0.25, 0.3) is 0 Å². The van der Waals surface area contributed by atoms with Crippen LogP contribution in [0.5, 0.6) is 5.75 Å². The van der Waals surface area contributed by atoms with E-state index in [2.05, 4.69) is 0 Å². The second-order valence-electron chi connectivity index (χ2n) is 3.91. The van der Waals surface area contributed by atoms with Crippen LogP contribution in [0.3, 0.4) is 0 Å². The maximum Gasteiger partial charge on any atom is 0.416 e. The zero-order valence-corrected chi connectivity index (χ0v) is 9.44. The third-order valence-electron chi connectivity index (χ3n) is 2.49. The van der Waals surface area contributed by atoms with Gasteiger partial charge in [0, 0.05) is 0 Å². The maximum atomic E-state index is 12.3. The zero-order chi connectivity index (χ0) is 13.3. The smallest absolute Gasteiger partial charge is 0.416 e. The quantitative estimate of drug-likeness (QED) is 0.831. The summed E-state index contributed by atoms with van der Waals surface area (Å²) >= 11 is 0. The van der Waals surface area contributed by atoms with E-state index in [0.29, 0.717) is 5.57 Å². The Labute approximate surface area is 101 Å². The van der Waals surface area contributed by atoms with Crippen molar-refractivity contribution >= 4 is 0 Å². The lowest BCUT2D eigenvalue weighted by Gasteiger charge is -2.14. The SMILES string of the molecule is CC1=CC(Oc2ccc(C(F)(F)F)cc2)OC1O. The number of halogens is 3. The molecular formula is C12H11F3O3. The number of aliphatic hydroxyl groups excluding tert-OH is 1. The van der Waals surface area contributed by atoms with Crippen molar-refractivity contribution in [1.29, 1.82) is 0 Å². The Hall–Kier alpha value is -1.53. The second-order valence-corrected chi connectivity index (χ2v) is 3.91. The van der Waals surface area contributed by atoms with E-state index >= 15 is 0 Å². The maximum absolute atomic E-state index is 12.3. The first kappa shape index (κ1) is 12.9. The van der Waals surface area contributed by atoms with E-state index in [-0.39, 0.29) is 5.75 Å². The largest absolute Gasteiger partial charge is 0.461 e. The van der Waals surface area contributed by atoms with Crippen molar-refractivity contribution in [3.8, 4) is 5.75 Å². The lowest BCUT2D eigenvalue weighted by atomic mass is 10.2. The van der Waals surface area contributed by atoms with Gasteiger partial charge in [-0.1, -0.05) is 0 Å². The standard InChI is InChI=1S/C12H11F3O3/c1-7-6-10(18-11(7)16)17-9-4-2-8(3-5-9)12(13,14)15/h2-6,10-11,16H,1H3. The number of ether oxygens (including phenoxy) is 2. The minimum Gasteiger partial charge on any atom is -0.461 e. The molecule has 0 aromatic heterocycles. The summed E-state index contributed by atoms with van der Waals surface area (Å²) in [5, 5.41) is 9.28. The minimum atomic E-state index is -4.37. The molecule has 2 unspecified atom stereocenters. The molecule has 1 aromatic carbocycles. The molecule has 1 heterocycles. The second kappa shape index (κ2) is 4.62. The highest BCUT2D eigenvalue weighted by molar-refractivity contribution is 5.29. The zero-order valence-electron chi connectivity index (χ0n) is 9.44. The van der Waals surface area contributed by atoms with Gasteiger partial charge in [0.05, 0.1) is 5.56 Å². The first-order chi connectivity index (χ1) is 8.36. The van der Waals surface area contributed by atoms with Gasteiger partial charge in [0.25, 0.3) is 0 Å². The van der Waals surface area contributed by atoms with Gasteiger partial charge >= 0.3 is 6.18 Å². The highest BCUT2D eigenvalue weighted by Crippen LogP contribution is 2.30. The van der Waals surface area contributed by atoms with Gasteiger partial charge in [-0.25, -0.2) is 0 Å². The summed E-state index contributed by atoms with van der Waals surface area (Å²) < 4.78 is 47.2. The van der Waals surface area contributed by atoms with Gasteiger partial charge < -0.3 is 14.6 Å². The molecule has 0 saturated carbocycles. The highest BCUT2D eigenvalue weighted by Gasteiger charge is 2.30. The number of aliphatic hydroxyl groups is 1. The number of hydrogen-bond acceptors (Lipinski definition) is 3. The molecule has 3 nitrogen and oxygen atoms in total. The normalized spacial score (nSPS) is 23.9. The van der Waals surface area contributed by atoms with Crippen LogP contribution in [-0.2, 0) is 10.9 Å². The Morgan fingerprint density at radius 2 is 1.83 bits per heavy atom. The molecule has 1 aliphatic rings. The fourth-order valence-electron chi connectivity index (χ4n) is 1.49. The Morgan fingerprint density at radius 3 is 2.28 bits per heavy atom. The average molecular weight is 260 g/mol. The van der Waals surface area contributed by atoms with Gasteiger partial charge in [0.2, 0.25) is 6.29 Å². The fourth-order valence-corrected chi connectivity index (χ4v) is 1.49. The summed E-state index contributed by atoms with van der Waals surface area (Å²) in [6.07, 6.45) is -4.61. The molecule has 6 heteroatoms. The van der Waals surface area contributed by atoms with Crippen molar-refractivity contribution < 1.29 is 27.8 Å². The molecule has 1 aliphatic heterocycles. The minimum absolute atomic E-state index is 0.242. The Balaban J connectivity index is 2.04. The molecule has 0 bridgehead atoms. The summed E-state index contributed by atoms with van der Waals surface area (Å²) in [4.78, 5) is 0. The molecule has 18 heavy (non-hydrogen) atoms. The van der Waals surface area contributed by atoms with E-state index in [1.165, 1.54) is 12.1 Å². The van der Waals surface area contributed by atoms with Crippen molar-refractivity contribution in [3.63, 3.8) is 0 Å². The molecule has 98 valence electrons. The predicted octanol–water partition coefficient (Wildman–Crippen LogP) is 2.71. The molecule has 2 atom stereocenters. The molecular weight excluding hydrogens is 249 g/mol. The van der Waals surface area contributed by atoms with Gasteiger partial charge in [0.1, 0.15) is 5.75 Å². The molecule has 0 spiro atoms. The van der Waals surface area contributed by atoms with Crippen LogP contribution in [0.1, 0.15) is 12.5 Å². The molecule has 0 saturated heterocycles. The van der Waals surface area contributed by atoms with E-state index in [1.807, 2.05) is 0 Å². The van der Waals surface area contributed by atoms with Crippen LogP contribution in [0, 0.1) is 0 Å². The van der Waals surface area contributed by atoms with Gasteiger partial charge in [-0.15, -0.1) is 0 Å². The number of alkyl halides is 3. The molecule has 1 aromatic rings. The van der Waals surface area contributed by atoms with Crippen LogP contribution in [0.15, 0.2) is 35.9 Å². The average Bonchev–Trinajstić information content (AvgIpc) is 2.57. The molecule has 0 fully saturated rings. The number of benzene rings is 1. The third kappa shape index (κ3) is 2.83. The van der Waals surface area contributed by atoms with Gasteiger partial charge in [-0.3, -0.25) is 0 Å². The molecule has 0 amide bonds. The van der Waals surface area contributed by atoms with Gasteiger partial charge in [-0.2, -0.15) is 13.2 Å². The summed E-state index contributed by atoms with van der Waals surface area (Å²) in [6.45, 7) is 1.67. The molecule has 1 N–H and O–H groups in total.